The van der Waals surface area contributed by atoms with Crippen LogP contribution in [-0.2, 0) is 27.2 Å². The lowest BCUT2D eigenvalue weighted by molar-refractivity contribution is -0.149. The largest absolute Gasteiger partial charge is 0.480 e. The molecule has 0 radical (unpaired) electrons. The van der Waals surface area contributed by atoms with E-state index >= 15 is 0 Å². The van der Waals surface area contributed by atoms with E-state index in [0.717, 1.165) is 11.1 Å². The number of nitrogens with one attached hydrogen (secondary N) is 1. The molecule has 3 rings (SSSR count). The number of allylic oxidation sites excluding steroid dienone is 1. The average molecular weight is 364 g/mol. The minimum Gasteiger partial charge on any atom is -0.480 e. The normalized spacial score (nSPS) is 17.5. The summed E-state index contributed by atoms with van der Waals surface area (Å²) >= 11 is 0. The second-order valence-corrected chi connectivity index (χ2v) is 6.30. The fourth-order valence-electron chi connectivity index (χ4n) is 3.00. The Morgan fingerprint density at radius 1 is 1.00 bits per heavy atom. The summed E-state index contributed by atoms with van der Waals surface area (Å²) in [6, 6.07) is 18.1. The van der Waals surface area contributed by atoms with Gasteiger partial charge in [-0.25, -0.2) is 0 Å². The smallest absolute Gasteiger partial charge is 0.323 e. The maximum Gasteiger partial charge on any atom is 0.323 e. The van der Waals surface area contributed by atoms with E-state index in [1.807, 2.05) is 60.7 Å². The van der Waals surface area contributed by atoms with E-state index in [-0.39, 0.29) is 12.3 Å². The van der Waals surface area contributed by atoms with Gasteiger partial charge < -0.3 is 15.3 Å². The van der Waals surface area contributed by atoms with Crippen LogP contribution < -0.4 is 5.32 Å². The molecule has 6 heteroatoms. The average Bonchev–Trinajstić information content (AvgIpc) is 2.67. The SMILES string of the molecule is O=C(O)CN1C(=O)C(NC(=O)Cc2ccccc2)C1=CCc1ccccc1. The van der Waals surface area contributed by atoms with Crippen LogP contribution in [0.1, 0.15) is 11.1 Å². The Bertz CT molecular complexity index is 862. The Hall–Kier alpha value is -3.41. The highest BCUT2D eigenvalue weighted by Crippen LogP contribution is 2.25. The first kappa shape index (κ1) is 18.4. The molecule has 2 aromatic carbocycles. The van der Waals surface area contributed by atoms with Crippen LogP contribution in [0, 0.1) is 0 Å². The van der Waals surface area contributed by atoms with E-state index in [9.17, 15) is 14.4 Å². The van der Waals surface area contributed by atoms with Gasteiger partial charge in [-0.1, -0.05) is 66.7 Å². The molecule has 1 fully saturated rings. The molecule has 0 aromatic heterocycles. The number of carbonyl (C=O) groups is 3. The molecule has 1 aliphatic heterocycles. The van der Waals surface area contributed by atoms with Crippen LogP contribution in [0.15, 0.2) is 72.4 Å². The Balaban J connectivity index is 1.70. The van der Waals surface area contributed by atoms with Gasteiger partial charge in [0, 0.05) is 5.70 Å². The maximum absolute atomic E-state index is 12.3. The standard InChI is InChI=1S/C21H20N2O4/c24-18(13-16-9-5-2-6-10-16)22-20-17(23(21(20)27)14-19(25)26)12-11-15-7-3-1-4-8-15/h1-10,12,20H,11,13-14H2,(H,22,24)(H,25,26). The number of aliphatic carboxylic acids is 1. The lowest BCUT2D eigenvalue weighted by Crippen LogP contribution is -2.62. The second-order valence-electron chi connectivity index (χ2n) is 6.30. The first-order valence-electron chi connectivity index (χ1n) is 8.65. The third kappa shape index (κ3) is 4.61. The van der Waals surface area contributed by atoms with Crippen molar-refractivity contribution in [1.29, 1.82) is 0 Å². The first-order valence-corrected chi connectivity index (χ1v) is 8.65. The van der Waals surface area contributed by atoms with Crippen molar-refractivity contribution in [3.05, 3.63) is 83.6 Å². The number of β-lactam (4-membered cyclic amide) rings is 1. The number of hydrogen-bond donors (Lipinski definition) is 2. The molecule has 2 N–H and O–H groups in total. The quantitative estimate of drug-likeness (QED) is 0.733. The number of hydrogen-bond acceptors (Lipinski definition) is 3. The van der Waals surface area contributed by atoms with Crippen LogP contribution in [-0.4, -0.2) is 40.4 Å². The molecule has 2 amide bonds. The van der Waals surface area contributed by atoms with E-state index < -0.39 is 24.5 Å². The molecule has 1 heterocycles. The summed E-state index contributed by atoms with van der Waals surface area (Å²) < 4.78 is 0. The molecule has 2 aromatic rings. The predicted molar refractivity (Wildman–Crippen MR) is 99.7 cm³/mol. The molecule has 1 atom stereocenters. The minimum atomic E-state index is -1.09. The third-order valence-electron chi connectivity index (χ3n) is 4.32. The van der Waals surface area contributed by atoms with Crippen molar-refractivity contribution in [2.75, 3.05) is 6.54 Å². The molecule has 6 nitrogen and oxygen atoms in total. The van der Waals surface area contributed by atoms with Gasteiger partial charge in [0.15, 0.2) is 0 Å². The summed E-state index contributed by atoms with van der Waals surface area (Å²) in [5.74, 6) is -1.78. The zero-order chi connectivity index (χ0) is 19.2. The third-order valence-corrected chi connectivity index (χ3v) is 4.32. The summed E-state index contributed by atoms with van der Waals surface area (Å²) in [5.41, 5.74) is 2.40. The molecule has 0 bridgehead atoms. The van der Waals surface area contributed by atoms with Crippen LogP contribution in [0.25, 0.3) is 0 Å². The number of benzene rings is 2. The summed E-state index contributed by atoms with van der Waals surface area (Å²) in [4.78, 5) is 36.8. The van der Waals surface area contributed by atoms with Crippen molar-refractivity contribution in [3.8, 4) is 0 Å². The molecule has 0 spiro atoms. The summed E-state index contributed by atoms with van der Waals surface area (Å²) in [5, 5.41) is 11.7. The van der Waals surface area contributed by atoms with Gasteiger partial charge in [0.2, 0.25) is 5.91 Å². The van der Waals surface area contributed by atoms with Crippen LogP contribution in [0.5, 0.6) is 0 Å². The van der Waals surface area contributed by atoms with Crippen molar-refractivity contribution < 1.29 is 19.5 Å². The van der Waals surface area contributed by atoms with E-state index in [4.69, 9.17) is 5.11 Å². The molecular formula is C21H20N2O4. The lowest BCUT2D eigenvalue weighted by Gasteiger charge is -2.40. The lowest BCUT2D eigenvalue weighted by atomic mass is 9.98. The summed E-state index contributed by atoms with van der Waals surface area (Å²) in [7, 11) is 0. The number of likely N-dealkylation sites (tertiary alicyclic amines) is 1. The predicted octanol–water partition coefficient (Wildman–Crippen LogP) is 1.77. The molecular weight excluding hydrogens is 344 g/mol. The van der Waals surface area contributed by atoms with E-state index in [1.165, 1.54) is 4.90 Å². The highest BCUT2D eigenvalue weighted by atomic mass is 16.4. The van der Waals surface area contributed by atoms with Gasteiger partial charge in [-0.3, -0.25) is 14.4 Å². The molecule has 0 saturated carbocycles. The molecule has 1 unspecified atom stereocenters. The number of carboxylic acids is 1. The Kier molecular flexibility index (Phi) is 5.66. The molecule has 1 saturated heterocycles. The van der Waals surface area contributed by atoms with Crippen LogP contribution in [0.3, 0.4) is 0 Å². The second kappa shape index (κ2) is 8.31. The van der Waals surface area contributed by atoms with Gasteiger partial charge >= 0.3 is 5.97 Å². The fourth-order valence-corrected chi connectivity index (χ4v) is 3.00. The highest BCUT2D eigenvalue weighted by molar-refractivity contribution is 5.99. The topological polar surface area (TPSA) is 86.7 Å². The zero-order valence-electron chi connectivity index (χ0n) is 14.7. The summed E-state index contributed by atoms with van der Waals surface area (Å²) in [6.07, 6.45) is 2.51. The van der Waals surface area contributed by atoms with Gasteiger partial charge in [0.25, 0.3) is 5.91 Å². The summed E-state index contributed by atoms with van der Waals surface area (Å²) in [6.45, 7) is -0.412. The number of carboxylic acid groups (broad SMARTS) is 1. The minimum absolute atomic E-state index is 0.162. The van der Waals surface area contributed by atoms with Gasteiger partial charge in [-0.15, -0.1) is 0 Å². The molecule has 1 aliphatic rings. The molecule has 138 valence electrons. The van der Waals surface area contributed by atoms with Crippen LogP contribution >= 0.6 is 0 Å². The van der Waals surface area contributed by atoms with Gasteiger partial charge in [0.1, 0.15) is 12.6 Å². The zero-order valence-corrected chi connectivity index (χ0v) is 14.7. The van der Waals surface area contributed by atoms with Crippen LogP contribution in [0.4, 0.5) is 0 Å². The number of nitrogens with zero attached hydrogens (tertiary/aromatic N) is 1. The Morgan fingerprint density at radius 2 is 1.59 bits per heavy atom. The number of rotatable bonds is 7. The van der Waals surface area contributed by atoms with Crippen molar-refractivity contribution >= 4 is 17.8 Å². The number of carbonyl (C=O) groups excluding carboxylic acids is 2. The Labute approximate surface area is 157 Å². The van der Waals surface area contributed by atoms with Crippen molar-refractivity contribution in [2.24, 2.45) is 0 Å². The highest BCUT2D eigenvalue weighted by Gasteiger charge is 2.43. The van der Waals surface area contributed by atoms with Crippen molar-refractivity contribution in [3.63, 3.8) is 0 Å². The van der Waals surface area contributed by atoms with Crippen molar-refractivity contribution in [2.45, 2.75) is 18.9 Å². The van der Waals surface area contributed by atoms with Crippen molar-refractivity contribution in [1.82, 2.24) is 10.2 Å². The van der Waals surface area contributed by atoms with Gasteiger partial charge in [-0.05, 0) is 17.5 Å². The van der Waals surface area contributed by atoms with E-state index in [0.29, 0.717) is 12.1 Å². The maximum atomic E-state index is 12.3. The van der Waals surface area contributed by atoms with Gasteiger partial charge in [0.05, 0.1) is 6.42 Å². The first-order chi connectivity index (χ1) is 13.0. The monoisotopic (exact) mass is 364 g/mol. The fraction of sp³-hybridized carbons (Fsp3) is 0.190. The Morgan fingerprint density at radius 3 is 2.19 bits per heavy atom. The van der Waals surface area contributed by atoms with E-state index in [2.05, 4.69) is 5.32 Å². The van der Waals surface area contributed by atoms with E-state index in [1.54, 1.807) is 6.08 Å². The molecule has 27 heavy (non-hydrogen) atoms. The number of amides is 2. The van der Waals surface area contributed by atoms with Crippen LogP contribution in [0.2, 0.25) is 0 Å². The van der Waals surface area contributed by atoms with Gasteiger partial charge in [-0.2, -0.15) is 0 Å². The molecule has 0 aliphatic carbocycles.